The number of halogens is 1. The van der Waals surface area contributed by atoms with E-state index in [1.165, 1.54) is 6.20 Å². The fourth-order valence-corrected chi connectivity index (χ4v) is 0.739. The highest BCUT2D eigenvalue weighted by Gasteiger charge is 2.11. The lowest BCUT2D eigenvalue weighted by atomic mass is 10.2. The molecule has 0 atom stereocenters. The molecule has 0 aliphatic heterocycles. The molecular weight excluding hydrogens is 177 g/mol. The fraction of sp³-hybridized carbons (Fsp3) is 0. The lowest BCUT2D eigenvalue weighted by Crippen LogP contribution is -2.35. The molecule has 1 rings (SSSR count). The van der Waals surface area contributed by atoms with E-state index in [2.05, 4.69) is 10.7 Å². The summed E-state index contributed by atoms with van der Waals surface area (Å²) in [4.78, 5) is 24.7. The maximum absolute atomic E-state index is 12.8. The van der Waals surface area contributed by atoms with E-state index in [4.69, 9.17) is 0 Å². The Balaban J connectivity index is 2.89. The lowest BCUT2D eigenvalue weighted by Gasteiger charge is -2.00. The predicted molar refractivity (Wildman–Crippen MR) is 41.2 cm³/mol. The summed E-state index contributed by atoms with van der Waals surface area (Å²) in [6.07, 6.45) is 2.11. The number of urea groups is 1. The van der Waals surface area contributed by atoms with E-state index in [9.17, 15) is 14.0 Å². The molecule has 0 aliphatic rings. The van der Waals surface area contributed by atoms with E-state index in [-0.39, 0.29) is 5.56 Å². The van der Waals surface area contributed by atoms with Crippen molar-refractivity contribution in [2.45, 2.75) is 0 Å². The molecule has 0 unspecified atom stereocenters. The molecule has 6 heteroatoms. The summed E-state index contributed by atoms with van der Waals surface area (Å²) in [6.45, 7) is 0. The van der Waals surface area contributed by atoms with E-state index in [0.717, 1.165) is 12.3 Å². The van der Waals surface area contributed by atoms with Crippen LogP contribution >= 0.6 is 0 Å². The van der Waals surface area contributed by atoms with Gasteiger partial charge in [0, 0.05) is 6.20 Å². The van der Waals surface area contributed by atoms with Crippen molar-refractivity contribution in [2.75, 3.05) is 0 Å². The first-order chi connectivity index (χ1) is 6.11. The zero-order valence-electron chi connectivity index (χ0n) is 6.45. The molecule has 3 amide bonds. The van der Waals surface area contributed by atoms with Gasteiger partial charge in [0.15, 0.2) is 5.82 Å². The second-order valence-corrected chi connectivity index (χ2v) is 2.17. The zero-order chi connectivity index (χ0) is 9.84. The van der Waals surface area contributed by atoms with Gasteiger partial charge in [-0.2, -0.15) is 0 Å². The number of rotatable bonds is 1. The van der Waals surface area contributed by atoms with Gasteiger partial charge in [-0.3, -0.25) is 15.1 Å². The SMILES string of the molecule is NC(=O)NC(=O)c1ccncc1F. The Labute approximate surface area is 72.8 Å². The number of hydrogen-bond donors (Lipinski definition) is 2. The van der Waals surface area contributed by atoms with Crippen LogP contribution in [0.2, 0.25) is 0 Å². The molecule has 0 aliphatic carbocycles. The Kier molecular flexibility index (Phi) is 2.53. The summed E-state index contributed by atoms with van der Waals surface area (Å²) in [7, 11) is 0. The van der Waals surface area contributed by atoms with Crippen molar-refractivity contribution in [3.63, 3.8) is 0 Å². The smallest absolute Gasteiger partial charge is 0.319 e. The molecule has 5 nitrogen and oxygen atoms in total. The third-order valence-electron chi connectivity index (χ3n) is 1.25. The number of nitrogens with zero attached hydrogens (tertiary/aromatic N) is 1. The summed E-state index contributed by atoms with van der Waals surface area (Å²) in [5.41, 5.74) is 4.40. The van der Waals surface area contributed by atoms with Crippen LogP contribution in [0.5, 0.6) is 0 Å². The Bertz CT molecular complexity index is 353. The van der Waals surface area contributed by atoms with Gasteiger partial charge >= 0.3 is 6.03 Å². The molecule has 0 fully saturated rings. The Morgan fingerprint density at radius 2 is 2.23 bits per heavy atom. The molecule has 0 bridgehead atoms. The number of nitrogens with one attached hydrogen (secondary N) is 1. The van der Waals surface area contributed by atoms with Gasteiger partial charge in [0.2, 0.25) is 0 Å². The van der Waals surface area contributed by atoms with Crippen molar-refractivity contribution in [1.29, 1.82) is 0 Å². The van der Waals surface area contributed by atoms with Crippen molar-refractivity contribution < 1.29 is 14.0 Å². The minimum atomic E-state index is -1.03. The Hall–Kier alpha value is -1.98. The van der Waals surface area contributed by atoms with Gasteiger partial charge in [0.1, 0.15) is 0 Å². The highest BCUT2D eigenvalue weighted by molar-refractivity contribution is 6.03. The first kappa shape index (κ1) is 9.11. The van der Waals surface area contributed by atoms with Crippen molar-refractivity contribution in [3.8, 4) is 0 Å². The molecule has 1 heterocycles. The average Bonchev–Trinajstić information content (AvgIpc) is 2.03. The number of amides is 3. The number of carbonyl (C=O) groups excluding carboxylic acids is 2. The first-order valence-electron chi connectivity index (χ1n) is 3.31. The van der Waals surface area contributed by atoms with Gasteiger partial charge in [0.25, 0.3) is 5.91 Å². The number of hydrogen-bond acceptors (Lipinski definition) is 3. The highest BCUT2D eigenvalue weighted by atomic mass is 19.1. The third kappa shape index (κ3) is 2.22. The number of nitrogens with two attached hydrogens (primary N) is 1. The first-order valence-corrected chi connectivity index (χ1v) is 3.31. The highest BCUT2D eigenvalue weighted by Crippen LogP contribution is 2.03. The van der Waals surface area contributed by atoms with Crippen molar-refractivity contribution in [3.05, 3.63) is 29.8 Å². The van der Waals surface area contributed by atoms with Gasteiger partial charge in [-0.1, -0.05) is 0 Å². The van der Waals surface area contributed by atoms with E-state index in [1.54, 1.807) is 5.32 Å². The van der Waals surface area contributed by atoms with Crippen LogP contribution in [-0.4, -0.2) is 16.9 Å². The molecule has 0 saturated carbocycles. The van der Waals surface area contributed by atoms with Crippen molar-refractivity contribution >= 4 is 11.9 Å². The summed E-state index contributed by atoms with van der Waals surface area (Å²) < 4.78 is 12.8. The summed E-state index contributed by atoms with van der Waals surface area (Å²) in [5, 5.41) is 1.73. The Morgan fingerprint density at radius 3 is 2.77 bits per heavy atom. The minimum absolute atomic E-state index is 0.270. The zero-order valence-corrected chi connectivity index (χ0v) is 6.45. The van der Waals surface area contributed by atoms with Crippen LogP contribution in [0.4, 0.5) is 9.18 Å². The number of carbonyl (C=O) groups is 2. The average molecular weight is 183 g/mol. The predicted octanol–water partition coefficient (Wildman–Crippen LogP) is 0.0292. The summed E-state index contributed by atoms with van der Waals surface area (Å²) in [5.74, 6) is -1.69. The topological polar surface area (TPSA) is 85.1 Å². The molecule has 3 N–H and O–H groups in total. The standard InChI is InChI=1S/C7H6FN3O2/c8-5-3-10-2-1-4(5)6(12)11-7(9)13/h1-3H,(H3,9,11,12,13). The van der Waals surface area contributed by atoms with Crippen LogP contribution < -0.4 is 11.1 Å². The molecule has 13 heavy (non-hydrogen) atoms. The van der Waals surface area contributed by atoms with Gasteiger partial charge in [-0.05, 0) is 6.07 Å². The monoisotopic (exact) mass is 183 g/mol. The van der Waals surface area contributed by atoms with Crippen LogP contribution in [0.1, 0.15) is 10.4 Å². The molecule has 0 aromatic carbocycles. The maximum Gasteiger partial charge on any atom is 0.319 e. The molecule has 0 radical (unpaired) electrons. The molecule has 1 aromatic heterocycles. The lowest BCUT2D eigenvalue weighted by molar-refractivity contribution is 0.0962. The normalized spacial score (nSPS) is 9.31. The fourth-order valence-electron chi connectivity index (χ4n) is 0.739. The Morgan fingerprint density at radius 1 is 1.54 bits per heavy atom. The number of pyridine rings is 1. The van der Waals surface area contributed by atoms with Crippen LogP contribution in [0.3, 0.4) is 0 Å². The van der Waals surface area contributed by atoms with E-state index < -0.39 is 17.8 Å². The second kappa shape index (κ2) is 3.61. The molecule has 0 spiro atoms. The maximum atomic E-state index is 12.8. The molecule has 0 saturated heterocycles. The van der Waals surface area contributed by atoms with Gasteiger partial charge in [-0.25, -0.2) is 9.18 Å². The van der Waals surface area contributed by atoms with Crippen molar-refractivity contribution in [2.24, 2.45) is 5.73 Å². The minimum Gasteiger partial charge on any atom is -0.351 e. The van der Waals surface area contributed by atoms with E-state index in [1.807, 2.05) is 0 Å². The number of primary amides is 1. The van der Waals surface area contributed by atoms with Crippen LogP contribution in [0.25, 0.3) is 0 Å². The summed E-state index contributed by atoms with van der Waals surface area (Å²) in [6, 6.07) is 0.120. The van der Waals surface area contributed by atoms with Crippen LogP contribution in [-0.2, 0) is 0 Å². The van der Waals surface area contributed by atoms with Gasteiger partial charge < -0.3 is 5.73 Å². The number of aromatic nitrogens is 1. The van der Waals surface area contributed by atoms with E-state index >= 15 is 0 Å². The molecule has 68 valence electrons. The van der Waals surface area contributed by atoms with Gasteiger partial charge in [-0.15, -0.1) is 0 Å². The summed E-state index contributed by atoms with van der Waals surface area (Å²) >= 11 is 0. The number of imide groups is 1. The quantitative estimate of drug-likeness (QED) is 0.644. The molecular formula is C7H6FN3O2. The largest absolute Gasteiger partial charge is 0.351 e. The van der Waals surface area contributed by atoms with Crippen LogP contribution in [0.15, 0.2) is 18.5 Å². The van der Waals surface area contributed by atoms with Crippen molar-refractivity contribution in [1.82, 2.24) is 10.3 Å². The molecule has 1 aromatic rings. The van der Waals surface area contributed by atoms with E-state index in [0.29, 0.717) is 0 Å². The third-order valence-corrected chi connectivity index (χ3v) is 1.25. The van der Waals surface area contributed by atoms with Crippen LogP contribution in [0, 0.1) is 5.82 Å². The van der Waals surface area contributed by atoms with Gasteiger partial charge in [0.05, 0.1) is 11.8 Å². The second-order valence-electron chi connectivity index (χ2n) is 2.17.